The summed E-state index contributed by atoms with van der Waals surface area (Å²) in [6, 6.07) is 6.05. The smallest absolute Gasteiger partial charge is 0.262 e. The van der Waals surface area contributed by atoms with Gasteiger partial charge >= 0.3 is 0 Å². The number of likely N-dealkylation sites (tertiary alicyclic amines) is 1. The van der Waals surface area contributed by atoms with Crippen LogP contribution in [-0.4, -0.2) is 42.5 Å². The summed E-state index contributed by atoms with van der Waals surface area (Å²) in [5, 5.41) is 6.26. The Balaban J connectivity index is 1.62. The molecule has 0 aliphatic carbocycles. The molecule has 6 nitrogen and oxygen atoms in total. The summed E-state index contributed by atoms with van der Waals surface area (Å²) in [5.74, 6) is 0.711. The number of hydrogen-bond acceptors (Lipinski definition) is 4. The van der Waals surface area contributed by atoms with Crippen LogP contribution in [0.1, 0.15) is 19.8 Å². The maximum atomic E-state index is 11.3. The second-order valence-corrected chi connectivity index (χ2v) is 5.47. The van der Waals surface area contributed by atoms with Gasteiger partial charge in [-0.15, -0.1) is 0 Å². The number of carbonyl (C=O) groups excluding carboxylic acids is 2. The quantitative estimate of drug-likeness (QED) is 0.864. The van der Waals surface area contributed by atoms with Crippen LogP contribution in [0.15, 0.2) is 18.2 Å². The zero-order valence-corrected chi connectivity index (χ0v) is 12.0. The first-order valence-electron chi connectivity index (χ1n) is 7.20. The lowest BCUT2D eigenvalue weighted by atomic mass is 10.0. The Morgan fingerprint density at radius 1 is 1.38 bits per heavy atom. The van der Waals surface area contributed by atoms with Crippen molar-refractivity contribution in [3.05, 3.63) is 18.2 Å². The summed E-state index contributed by atoms with van der Waals surface area (Å²) >= 11 is 0. The van der Waals surface area contributed by atoms with Crippen LogP contribution in [0.3, 0.4) is 0 Å². The summed E-state index contributed by atoms with van der Waals surface area (Å²) in [4.78, 5) is 24.5. The molecule has 3 rings (SSSR count). The van der Waals surface area contributed by atoms with Gasteiger partial charge in [-0.25, -0.2) is 0 Å². The Morgan fingerprint density at radius 3 is 2.86 bits per heavy atom. The normalized spacial score (nSPS) is 18.5. The average Bonchev–Trinajstić information content (AvgIpc) is 2.47. The number of rotatable bonds is 2. The van der Waals surface area contributed by atoms with Crippen LogP contribution >= 0.6 is 0 Å². The highest BCUT2D eigenvalue weighted by Gasteiger charge is 2.21. The number of carbonyl (C=O) groups is 2. The molecule has 1 aromatic carbocycles. The Labute approximate surface area is 123 Å². The minimum atomic E-state index is -0.130. The second kappa shape index (κ2) is 5.63. The lowest BCUT2D eigenvalue weighted by Gasteiger charge is -2.32. The number of piperidine rings is 1. The van der Waals surface area contributed by atoms with Gasteiger partial charge in [-0.2, -0.15) is 0 Å². The Kier molecular flexibility index (Phi) is 3.68. The maximum absolute atomic E-state index is 11.3. The van der Waals surface area contributed by atoms with Crippen LogP contribution in [0, 0.1) is 0 Å². The molecular formula is C15H19N3O3. The van der Waals surface area contributed by atoms with Gasteiger partial charge in [-0.05, 0) is 31.0 Å². The number of nitrogens with one attached hydrogen (secondary N) is 2. The van der Waals surface area contributed by atoms with Crippen LogP contribution in [0.25, 0.3) is 0 Å². The zero-order valence-electron chi connectivity index (χ0n) is 12.0. The van der Waals surface area contributed by atoms with E-state index >= 15 is 0 Å². The number of ether oxygens (including phenoxy) is 1. The summed E-state index contributed by atoms with van der Waals surface area (Å²) in [7, 11) is 0. The van der Waals surface area contributed by atoms with Crippen LogP contribution < -0.4 is 15.4 Å². The molecule has 2 aliphatic heterocycles. The number of nitrogens with zero attached hydrogens (tertiary/aromatic N) is 1. The topological polar surface area (TPSA) is 70.7 Å². The van der Waals surface area contributed by atoms with Gasteiger partial charge in [0.2, 0.25) is 5.91 Å². The molecule has 0 atom stereocenters. The summed E-state index contributed by atoms with van der Waals surface area (Å²) < 4.78 is 5.34. The Morgan fingerprint density at radius 2 is 2.14 bits per heavy atom. The van der Waals surface area contributed by atoms with Crippen molar-refractivity contribution in [1.82, 2.24) is 4.90 Å². The molecule has 1 aromatic rings. The van der Waals surface area contributed by atoms with E-state index in [-0.39, 0.29) is 18.4 Å². The van der Waals surface area contributed by atoms with Crippen molar-refractivity contribution in [3.8, 4) is 5.75 Å². The van der Waals surface area contributed by atoms with Crippen LogP contribution in [-0.2, 0) is 9.59 Å². The fraction of sp³-hybridized carbons (Fsp3) is 0.467. The molecule has 1 saturated heterocycles. The zero-order chi connectivity index (χ0) is 14.8. The average molecular weight is 289 g/mol. The van der Waals surface area contributed by atoms with E-state index in [1.165, 1.54) is 0 Å². The molecule has 112 valence electrons. The highest BCUT2D eigenvalue weighted by atomic mass is 16.5. The molecule has 2 N–H and O–H groups in total. The number of amides is 2. The summed E-state index contributed by atoms with van der Waals surface area (Å²) in [5.41, 5.74) is 1.67. The van der Waals surface area contributed by atoms with Gasteiger partial charge in [-0.1, -0.05) is 0 Å². The van der Waals surface area contributed by atoms with Crippen molar-refractivity contribution in [2.45, 2.75) is 25.8 Å². The SMILES string of the molecule is CC(=O)N1CCC(Nc2ccc3c(c2)NC(=O)CO3)CC1. The third-order valence-electron chi connectivity index (χ3n) is 3.92. The number of benzene rings is 1. The van der Waals surface area contributed by atoms with E-state index in [1.54, 1.807) is 6.92 Å². The van der Waals surface area contributed by atoms with E-state index < -0.39 is 0 Å². The summed E-state index contributed by atoms with van der Waals surface area (Å²) in [6.07, 6.45) is 1.86. The van der Waals surface area contributed by atoms with Crippen LogP contribution in [0.2, 0.25) is 0 Å². The van der Waals surface area contributed by atoms with E-state index in [0.717, 1.165) is 31.6 Å². The molecule has 1 fully saturated rings. The summed E-state index contributed by atoms with van der Waals surface area (Å²) in [6.45, 7) is 3.26. The maximum Gasteiger partial charge on any atom is 0.262 e. The van der Waals surface area contributed by atoms with Crippen LogP contribution in [0.5, 0.6) is 5.75 Å². The molecule has 0 aromatic heterocycles. The van der Waals surface area contributed by atoms with Crippen molar-refractivity contribution in [1.29, 1.82) is 0 Å². The molecule has 2 aliphatic rings. The van der Waals surface area contributed by atoms with E-state index in [0.29, 0.717) is 17.5 Å². The molecule has 2 amide bonds. The molecule has 21 heavy (non-hydrogen) atoms. The van der Waals surface area contributed by atoms with Gasteiger partial charge in [0.1, 0.15) is 5.75 Å². The molecule has 0 bridgehead atoms. The Hall–Kier alpha value is -2.24. The fourth-order valence-electron chi connectivity index (χ4n) is 2.75. The lowest BCUT2D eigenvalue weighted by molar-refractivity contribution is -0.129. The first-order chi connectivity index (χ1) is 10.1. The van der Waals surface area contributed by atoms with Crippen molar-refractivity contribution in [3.63, 3.8) is 0 Å². The van der Waals surface area contributed by atoms with Crippen LogP contribution in [0.4, 0.5) is 11.4 Å². The van der Waals surface area contributed by atoms with Gasteiger partial charge in [0.25, 0.3) is 5.91 Å². The van der Waals surface area contributed by atoms with E-state index in [2.05, 4.69) is 10.6 Å². The highest BCUT2D eigenvalue weighted by Crippen LogP contribution is 2.31. The predicted octanol–water partition coefficient (Wildman–Crippen LogP) is 1.44. The molecule has 0 spiro atoms. The minimum absolute atomic E-state index is 0.0727. The Bertz CT molecular complexity index is 565. The van der Waals surface area contributed by atoms with E-state index in [9.17, 15) is 9.59 Å². The molecule has 0 unspecified atom stereocenters. The van der Waals surface area contributed by atoms with E-state index in [1.807, 2.05) is 23.1 Å². The van der Waals surface area contributed by atoms with Crippen molar-refractivity contribution < 1.29 is 14.3 Å². The van der Waals surface area contributed by atoms with Crippen molar-refractivity contribution >= 4 is 23.2 Å². The highest BCUT2D eigenvalue weighted by molar-refractivity contribution is 5.96. The molecule has 0 saturated carbocycles. The van der Waals surface area contributed by atoms with Crippen molar-refractivity contribution in [2.24, 2.45) is 0 Å². The van der Waals surface area contributed by atoms with Gasteiger partial charge in [0.15, 0.2) is 6.61 Å². The van der Waals surface area contributed by atoms with Crippen molar-refractivity contribution in [2.75, 3.05) is 30.3 Å². The fourth-order valence-corrected chi connectivity index (χ4v) is 2.75. The number of anilines is 2. The van der Waals surface area contributed by atoms with Gasteiger partial charge in [-0.3, -0.25) is 9.59 Å². The number of fused-ring (bicyclic) bond motifs is 1. The third kappa shape index (κ3) is 3.09. The van der Waals surface area contributed by atoms with Gasteiger partial charge in [0.05, 0.1) is 5.69 Å². The predicted molar refractivity (Wildman–Crippen MR) is 79.5 cm³/mol. The van der Waals surface area contributed by atoms with E-state index in [4.69, 9.17) is 4.74 Å². The largest absolute Gasteiger partial charge is 0.482 e. The lowest BCUT2D eigenvalue weighted by Crippen LogP contribution is -2.41. The molecule has 6 heteroatoms. The number of hydrogen-bond donors (Lipinski definition) is 2. The monoisotopic (exact) mass is 289 g/mol. The van der Waals surface area contributed by atoms with Gasteiger partial charge < -0.3 is 20.3 Å². The standard InChI is InChI=1S/C15H19N3O3/c1-10(19)18-6-4-11(5-7-18)16-12-2-3-14-13(8-12)17-15(20)9-21-14/h2-3,8,11,16H,4-7,9H2,1H3,(H,17,20). The molecule has 2 heterocycles. The minimum Gasteiger partial charge on any atom is -0.482 e. The second-order valence-electron chi connectivity index (χ2n) is 5.47. The first-order valence-corrected chi connectivity index (χ1v) is 7.20. The third-order valence-corrected chi connectivity index (χ3v) is 3.92. The van der Waals surface area contributed by atoms with Gasteiger partial charge in [0, 0.05) is 31.7 Å². The first kappa shape index (κ1) is 13.7. The molecular weight excluding hydrogens is 270 g/mol. The molecule has 0 radical (unpaired) electrons.